The smallest absolute Gasteiger partial charge is 0.136 e. The molecule has 3 heteroatoms. The van der Waals surface area contributed by atoms with Crippen LogP contribution in [0, 0.1) is 0 Å². The van der Waals surface area contributed by atoms with E-state index in [2.05, 4.69) is 170 Å². The van der Waals surface area contributed by atoms with E-state index in [1.54, 1.807) is 0 Å². The summed E-state index contributed by atoms with van der Waals surface area (Å²) in [5.74, 6) is 0. The molecule has 1 aliphatic heterocycles. The largest absolute Gasteiger partial charge is 0.456 e. The number of fused-ring (bicyclic) bond motifs is 12. The summed E-state index contributed by atoms with van der Waals surface area (Å²) < 4.78 is 6.64. The fourth-order valence-corrected chi connectivity index (χ4v) is 9.72. The molecule has 9 aromatic rings. The Balaban J connectivity index is 1.16. The maximum Gasteiger partial charge on any atom is 0.136 e. The van der Waals surface area contributed by atoms with Gasteiger partial charge in [0.05, 0.1) is 16.8 Å². The van der Waals surface area contributed by atoms with E-state index in [4.69, 9.17) is 9.40 Å². The van der Waals surface area contributed by atoms with Crippen molar-refractivity contribution < 1.29 is 4.42 Å². The van der Waals surface area contributed by atoms with Crippen molar-refractivity contribution in [3.63, 3.8) is 0 Å². The van der Waals surface area contributed by atoms with Crippen LogP contribution in [0.15, 0.2) is 190 Å². The van der Waals surface area contributed by atoms with E-state index in [1.165, 1.54) is 48.7 Å². The van der Waals surface area contributed by atoms with Crippen LogP contribution in [0.5, 0.6) is 0 Å². The highest BCUT2D eigenvalue weighted by Gasteiger charge is 2.50. The quantitative estimate of drug-likeness (QED) is 0.188. The van der Waals surface area contributed by atoms with Gasteiger partial charge in [0.25, 0.3) is 0 Å². The summed E-state index contributed by atoms with van der Waals surface area (Å²) in [6.07, 6.45) is 0. The zero-order valence-corrected chi connectivity index (χ0v) is 28.3. The molecule has 11 rings (SSSR count). The number of pyridine rings is 1. The molecule has 0 saturated carbocycles. The molecule has 2 aliphatic rings. The third-order valence-corrected chi connectivity index (χ3v) is 11.9. The van der Waals surface area contributed by atoms with Crippen molar-refractivity contribution in [2.24, 2.45) is 0 Å². The minimum Gasteiger partial charge on any atom is -0.456 e. The van der Waals surface area contributed by atoms with Crippen LogP contribution in [0.1, 0.15) is 22.3 Å². The molecular formula is C48H29NOS. The van der Waals surface area contributed by atoms with Gasteiger partial charge >= 0.3 is 0 Å². The topological polar surface area (TPSA) is 26.0 Å². The van der Waals surface area contributed by atoms with Gasteiger partial charge in [0.15, 0.2) is 0 Å². The Bertz CT molecular complexity index is 2730. The molecule has 7 aromatic carbocycles. The Hall–Kier alpha value is -6.16. The second kappa shape index (κ2) is 10.9. The molecule has 51 heavy (non-hydrogen) atoms. The number of benzene rings is 7. The van der Waals surface area contributed by atoms with Gasteiger partial charge in [-0.15, -0.1) is 0 Å². The van der Waals surface area contributed by atoms with Crippen LogP contribution < -0.4 is 0 Å². The van der Waals surface area contributed by atoms with Crippen molar-refractivity contribution in [2.45, 2.75) is 15.2 Å². The van der Waals surface area contributed by atoms with E-state index in [0.717, 1.165) is 50.0 Å². The fraction of sp³-hybridized carbons (Fsp3) is 0.0208. The van der Waals surface area contributed by atoms with E-state index in [-0.39, 0.29) is 0 Å². The Morgan fingerprint density at radius 2 is 0.980 bits per heavy atom. The van der Waals surface area contributed by atoms with Crippen molar-refractivity contribution in [2.75, 3.05) is 0 Å². The first kappa shape index (κ1) is 28.7. The molecule has 0 unspecified atom stereocenters. The summed E-state index contributed by atoms with van der Waals surface area (Å²) in [6, 6.07) is 63.5. The molecule has 0 fully saturated rings. The first-order valence-corrected chi connectivity index (χ1v) is 18.2. The highest BCUT2D eigenvalue weighted by molar-refractivity contribution is 7.99. The summed E-state index contributed by atoms with van der Waals surface area (Å²) in [4.78, 5) is 7.76. The highest BCUT2D eigenvalue weighted by Crippen LogP contribution is 2.62. The number of hydrogen-bond acceptors (Lipinski definition) is 3. The van der Waals surface area contributed by atoms with Gasteiger partial charge in [-0.3, -0.25) is 0 Å². The lowest BCUT2D eigenvalue weighted by atomic mass is 9.67. The minimum atomic E-state index is -0.435. The number of aromatic nitrogens is 1. The maximum absolute atomic E-state index is 6.64. The second-order valence-electron chi connectivity index (χ2n) is 13.5. The van der Waals surface area contributed by atoms with Crippen LogP contribution in [-0.4, -0.2) is 4.98 Å². The van der Waals surface area contributed by atoms with Gasteiger partial charge in [-0.25, -0.2) is 4.98 Å². The second-order valence-corrected chi connectivity index (χ2v) is 14.5. The molecule has 0 amide bonds. The van der Waals surface area contributed by atoms with Crippen LogP contribution in [0.25, 0.3) is 66.7 Å². The Labute approximate surface area is 300 Å². The predicted molar refractivity (Wildman–Crippen MR) is 209 cm³/mol. The van der Waals surface area contributed by atoms with E-state index in [1.807, 2.05) is 17.8 Å². The molecule has 0 bridgehead atoms. The molecule has 1 spiro atoms. The Morgan fingerprint density at radius 1 is 0.392 bits per heavy atom. The van der Waals surface area contributed by atoms with Crippen molar-refractivity contribution in [3.05, 3.63) is 198 Å². The van der Waals surface area contributed by atoms with E-state index < -0.39 is 5.41 Å². The Kier molecular flexibility index (Phi) is 6.14. The highest BCUT2D eigenvalue weighted by atomic mass is 32.2. The molecule has 0 N–H and O–H groups in total. The lowest BCUT2D eigenvalue weighted by molar-refractivity contribution is 0.664. The van der Waals surface area contributed by atoms with Gasteiger partial charge in [0.1, 0.15) is 11.2 Å². The zero-order chi connectivity index (χ0) is 33.5. The molecule has 0 radical (unpaired) electrons. The maximum atomic E-state index is 6.64. The first-order chi connectivity index (χ1) is 25.3. The minimum absolute atomic E-state index is 0.435. The van der Waals surface area contributed by atoms with Crippen molar-refractivity contribution in [1.29, 1.82) is 0 Å². The molecule has 238 valence electrons. The van der Waals surface area contributed by atoms with E-state index in [9.17, 15) is 0 Å². The van der Waals surface area contributed by atoms with Gasteiger partial charge in [-0.2, -0.15) is 0 Å². The molecule has 3 heterocycles. The van der Waals surface area contributed by atoms with Crippen molar-refractivity contribution >= 4 is 33.7 Å². The molecule has 0 atom stereocenters. The average molecular weight is 668 g/mol. The van der Waals surface area contributed by atoms with E-state index in [0.29, 0.717) is 0 Å². The first-order valence-electron chi connectivity index (χ1n) is 17.4. The summed E-state index contributed by atoms with van der Waals surface area (Å²) in [5.41, 5.74) is 15.6. The van der Waals surface area contributed by atoms with Gasteiger partial charge in [0, 0.05) is 31.7 Å². The number of furan rings is 1. The lowest BCUT2D eigenvalue weighted by Crippen LogP contribution is -2.31. The van der Waals surface area contributed by atoms with Crippen LogP contribution in [0.4, 0.5) is 0 Å². The number of rotatable bonds is 3. The lowest BCUT2D eigenvalue weighted by Gasteiger charge is -2.39. The summed E-state index contributed by atoms with van der Waals surface area (Å²) >= 11 is 1.85. The van der Waals surface area contributed by atoms with Gasteiger partial charge in [0.2, 0.25) is 0 Å². The molecule has 2 nitrogen and oxygen atoms in total. The van der Waals surface area contributed by atoms with Crippen molar-refractivity contribution in [1.82, 2.24) is 4.98 Å². The standard InChI is InChI=1S/C48H29NOS/c1-3-13-30(14-4-1)33-26-42(31-15-5-2-6-16-31)49-43(27-33)32-23-24-44-36(25-32)37-28-41-47(29-45(37)50-44)51-46-22-12-11-21-40(46)48(41)38-19-9-7-17-34(38)35-18-8-10-20-39(35)48/h1-29H. The SMILES string of the molecule is c1ccc(-c2cc(-c3ccccc3)nc(-c3ccc4oc5cc6c(cc5c4c3)C3(c4ccccc4S6)c4ccccc4-c4ccccc43)c2)cc1. The number of hydrogen-bond donors (Lipinski definition) is 0. The van der Waals surface area contributed by atoms with Gasteiger partial charge in [-0.05, 0) is 93.0 Å². The molecule has 2 aromatic heterocycles. The summed E-state index contributed by atoms with van der Waals surface area (Å²) in [6.45, 7) is 0. The predicted octanol–water partition coefficient (Wildman–Crippen LogP) is 12.8. The third kappa shape index (κ3) is 4.16. The Morgan fingerprint density at radius 3 is 1.71 bits per heavy atom. The zero-order valence-electron chi connectivity index (χ0n) is 27.5. The van der Waals surface area contributed by atoms with Gasteiger partial charge < -0.3 is 4.42 Å². The molecule has 1 aliphatic carbocycles. The monoisotopic (exact) mass is 667 g/mol. The third-order valence-electron chi connectivity index (χ3n) is 10.7. The van der Waals surface area contributed by atoms with E-state index >= 15 is 0 Å². The normalized spacial score (nSPS) is 13.6. The van der Waals surface area contributed by atoms with Crippen LogP contribution in [-0.2, 0) is 5.41 Å². The molecule has 0 saturated heterocycles. The summed E-state index contributed by atoms with van der Waals surface area (Å²) in [7, 11) is 0. The van der Waals surface area contributed by atoms with Gasteiger partial charge in [-0.1, -0.05) is 139 Å². The summed E-state index contributed by atoms with van der Waals surface area (Å²) in [5, 5.41) is 2.21. The molecular weight excluding hydrogens is 639 g/mol. The average Bonchev–Trinajstić information content (AvgIpc) is 3.70. The fourth-order valence-electron chi connectivity index (χ4n) is 8.52. The van der Waals surface area contributed by atoms with Crippen LogP contribution in [0.3, 0.4) is 0 Å². The van der Waals surface area contributed by atoms with Crippen LogP contribution >= 0.6 is 11.8 Å². The number of nitrogens with zero attached hydrogens (tertiary/aromatic N) is 1. The van der Waals surface area contributed by atoms with Crippen molar-refractivity contribution in [3.8, 4) is 44.8 Å². The van der Waals surface area contributed by atoms with Crippen LogP contribution in [0.2, 0.25) is 0 Å².